The van der Waals surface area contributed by atoms with Gasteiger partial charge in [0.25, 0.3) is 0 Å². The highest BCUT2D eigenvalue weighted by Gasteiger charge is 2.32. The van der Waals surface area contributed by atoms with Gasteiger partial charge in [-0.15, -0.1) is 13.2 Å². The molecule has 1 fully saturated rings. The summed E-state index contributed by atoms with van der Waals surface area (Å²) < 4.78 is 67.9. The lowest BCUT2D eigenvalue weighted by atomic mass is 10.1. The Hall–Kier alpha value is -3.52. The Morgan fingerprint density at radius 2 is 1.74 bits per heavy atom. The van der Waals surface area contributed by atoms with Crippen molar-refractivity contribution in [1.82, 2.24) is 19.3 Å². The van der Waals surface area contributed by atoms with Gasteiger partial charge in [-0.25, -0.2) is 18.4 Å². The van der Waals surface area contributed by atoms with E-state index in [1.54, 1.807) is 12.4 Å². The van der Waals surface area contributed by atoms with Crippen LogP contribution in [0.3, 0.4) is 0 Å². The van der Waals surface area contributed by atoms with E-state index in [0.29, 0.717) is 35.5 Å². The van der Waals surface area contributed by atoms with E-state index in [4.69, 9.17) is 5.11 Å². The van der Waals surface area contributed by atoms with Crippen LogP contribution in [0, 0.1) is 0 Å². The van der Waals surface area contributed by atoms with Crippen LogP contribution >= 0.6 is 0 Å². The third kappa shape index (κ3) is 5.77. The fourth-order valence-electron chi connectivity index (χ4n) is 3.68. The molecule has 35 heavy (non-hydrogen) atoms. The smallest absolute Gasteiger partial charge is 0.481 e. The van der Waals surface area contributed by atoms with Crippen molar-refractivity contribution >= 4 is 32.8 Å². The van der Waals surface area contributed by atoms with Gasteiger partial charge in [-0.1, -0.05) is 0 Å². The fourth-order valence-corrected chi connectivity index (χ4v) is 5.10. The summed E-state index contributed by atoms with van der Waals surface area (Å²) in [7, 11) is -3.92. The number of piperazine rings is 1. The van der Waals surface area contributed by atoms with Crippen LogP contribution in [0.1, 0.15) is 12.0 Å². The number of benzene rings is 1. The lowest BCUT2D eigenvalue weighted by Crippen LogP contribution is -2.49. The summed E-state index contributed by atoms with van der Waals surface area (Å²) in [5.41, 5.74) is 1.71. The minimum Gasteiger partial charge on any atom is -0.481 e. The van der Waals surface area contributed by atoms with Crippen molar-refractivity contribution in [3.63, 3.8) is 0 Å². The summed E-state index contributed by atoms with van der Waals surface area (Å²) in [4.78, 5) is 25.7. The SMILES string of the molecule is O=C(O)CCc1cncc2ncc(N3CCN(S(=O)(=O)c4ccc(OC(F)(F)F)cc4)CC3)nc12. The molecule has 1 N–H and O–H groups in total. The van der Waals surface area contributed by atoms with Crippen LogP contribution in [0.5, 0.6) is 5.75 Å². The van der Waals surface area contributed by atoms with Crippen LogP contribution in [-0.2, 0) is 21.2 Å². The number of carboxylic acids is 1. The van der Waals surface area contributed by atoms with Gasteiger partial charge in [0.15, 0.2) is 0 Å². The first-order chi connectivity index (χ1) is 16.5. The van der Waals surface area contributed by atoms with E-state index in [-0.39, 0.29) is 30.8 Å². The van der Waals surface area contributed by atoms with Gasteiger partial charge in [0.2, 0.25) is 10.0 Å². The summed E-state index contributed by atoms with van der Waals surface area (Å²) >= 11 is 0. The minimum absolute atomic E-state index is 0.0768. The molecular formula is C21H20F3N5O5S. The number of hydrogen-bond acceptors (Lipinski definition) is 8. The van der Waals surface area contributed by atoms with Crippen molar-refractivity contribution in [2.24, 2.45) is 0 Å². The lowest BCUT2D eigenvalue weighted by molar-refractivity contribution is -0.274. The molecule has 0 aliphatic carbocycles. The van der Waals surface area contributed by atoms with Crippen LogP contribution in [0.15, 0.2) is 47.8 Å². The number of anilines is 1. The van der Waals surface area contributed by atoms with Crippen LogP contribution in [0.2, 0.25) is 0 Å². The molecule has 186 valence electrons. The summed E-state index contributed by atoms with van der Waals surface area (Å²) in [5, 5.41) is 8.97. The van der Waals surface area contributed by atoms with Gasteiger partial charge in [-0.3, -0.25) is 9.78 Å². The summed E-state index contributed by atoms with van der Waals surface area (Å²) in [6.45, 7) is 0.880. The molecule has 1 aromatic carbocycles. The van der Waals surface area contributed by atoms with Gasteiger partial charge < -0.3 is 14.7 Å². The Labute approximate surface area is 198 Å². The average molecular weight is 511 g/mol. The maximum absolute atomic E-state index is 12.9. The number of pyridine rings is 1. The van der Waals surface area contributed by atoms with E-state index in [0.717, 1.165) is 24.3 Å². The monoisotopic (exact) mass is 511 g/mol. The molecule has 2 aromatic heterocycles. The molecule has 1 saturated heterocycles. The molecule has 1 aliphatic rings. The molecule has 14 heteroatoms. The molecule has 0 unspecified atom stereocenters. The van der Waals surface area contributed by atoms with Crippen LogP contribution in [0.4, 0.5) is 19.0 Å². The zero-order valence-electron chi connectivity index (χ0n) is 18.1. The van der Waals surface area contributed by atoms with E-state index in [2.05, 4.69) is 19.7 Å². The number of nitrogens with zero attached hydrogens (tertiary/aromatic N) is 5. The summed E-state index contributed by atoms with van der Waals surface area (Å²) in [6.07, 6.45) is -0.0567. The first-order valence-corrected chi connectivity index (χ1v) is 11.9. The number of ether oxygens (including phenoxy) is 1. The number of alkyl halides is 3. The Morgan fingerprint density at radius 1 is 1.06 bits per heavy atom. The molecule has 0 radical (unpaired) electrons. The molecule has 3 aromatic rings. The van der Waals surface area contributed by atoms with Gasteiger partial charge in [-0.05, 0) is 36.2 Å². The summed E-state index contributed by atoms with van der Waals surface area (Å²) in [6, 6.07) is 4.06. The van der Waals surface area contributed by atoms with Crippen LogP contribution in [-0.4, -0.2) is 71.3 Å². The van der Waals surface area contributed by atoms with Gasteiger partial charge in [0.05, 0.1) is 22.8 Å². The number of carboxylic acid groups (broad SMARTS) is 1. The van der Waals surface area contributed by atoms with Crippen LogP contribution in [0.25, 0.3) is 11.0 Å². The van der Waals surface area contributed by atoms with E-state index in [1.807, 2.05) is 4.90 Å². The second-order valence-electron chi connectivity index (χ2n) is 7.70. The highest BCUT2D eigenvalue weighted by molar-refractivity contribution is 7.89. The van der Waals surface area contributed by atoms with Crippen molar-refractivity contribution in [3.05, 3.63) is 48.4 Å². The van der Waals surface area contributed by atoms with Gasteiger partial charge >= 0.3 is 12.3 Å². The van der Waals surface area contributed by atoms with E-state index in [9.17, 15) is 26.4 Å². The Kier molecular flexibility index (Phi) is 6.76. The number of aliphatic carboxylic acids is 1. The maximum Gasteiger partial charge on any atom is 0.573 e. The molecule has 0 spiro atoms. The molecule has 1 aliphatic heterocycles. The second kappa shape index (κ2) is 9.62. The number of aryl methyl sites for hydroxylation is 1. The molecular weight excluding hydrogens is 491 g/mol. The number of hydrogen-bond donors (Lipinski definition) is 1. The Morgan fingerprint density at radius 3 is 2.37 bits per heavy atom. The van der Waals surface area contributed by atoms with Crippen molar-refractivity contribution in [3.8, 4) is 5.75 Å². The van der Waals surface area contributed by atoms with Crippen molar-refractivity contribution in [1.29, 1.82) is 0 Å². The number of rotatable bonds is 7. The second-order valence-corrected chi connectivity index (χ2v) is 9.64. The quantitative estimate of drug-likeness (QED) is 0.509. The number of sulfonamides is 1. The topological polar surface area (TPSA) is 126 Å². The number of carbonyl (C=O) groups is 1. The Balaban J connectivity index is 1.46. The number of fused-ring (bicyclic) bond motifs is 1. The first kappa shape index (κ1) is 24.6. The molecule has 0 bridgehead atoms. The standard InChI is InChI=1S/C21H20F3N5O5S/c22-21(23,24)34-15-2-4-16(5-3-15)35(32,33)29-9-7-28(8-10-29)18-13-26-17-12-25-11-14(20(17)27-18)1-6-19(30)31/h2-5,11-13H,1,6-10H2,(H,30,31). The van der Waals surface area contributed by atoms with Crippen LogP contribution < -0.4 is 9.64 Å². The molecule has 3 heterocycles. The zero-order valence-corrected chi connectivity index (χ0v) is 19.0. The molecule has 0 amide bonds. The maximum atomic E-state index is 12.9. The lowest BCUT2D eigenvalue weighted by Gasteiger charge is -2.34. The third-order valence-electron chi connectivity index (χ3n) is 5.39. The fraction of sp³-hybridized carbons (Fsp3) is 0.333. The Bertz CT molecular complexity index is 1330. The highest BCUT2D eigenvalue weighted by atomic mass is 32.2. The first-order valence-electron chi connectivity index (χ1n) is 10.5. The van der Waals surface area contributed by atoms with Crippen molar-refractivity contribution in [2.45, 2.75) is 24.1 Å². The molecule has 10 nitrogen and oxygen atoms in total. The van der Waals surface area contributed by atoms with Gasteiger partial charge in [-0.2, -0.15) is 4.31 Å². The summed E-state index contributed by atoms with van der Waals surface area (Å²) in [5.74, 6) is -0.925. The predicted molar refractivity (Wildman–Crippen MR) is 117 cm³/mol. The normalized spacial score (nSPS) is 15.3. The van der Waals surface area contributed by atoms with Gasteiger partial charge in [0, 0.05) is 38.8 Å². The number of aromatic nitrogens is 3. The number of halogens is 3. The van der Waals surface area contributed by atoms with Crippen molar-refractivity contribution in [2.75, 3.05) is 31.1 Å². The minimum atomic E-state index is -4.87. The highest BCUT2D eigenvalue weighted by Crippen LogP contribution is 2.26. The molecule has 0 atom stereocenters. The van der Waals surface area contributed by atoms with E-state index in [1.165, 1.54) is 10.5 Å². The molecule has 4 rings (SSSR count). The van der Waals surface area contributed by atoms with E-state index < -0.39 is 28.1 Å². The van der Waals surface area contributed by atoms with Gasteiger partial charge in [0.1, 0.15) is 17.1 Å². The average Bonchev–Trinajstić information content (AvgIpc) is 2.82. The molecule has 0 saturated carbocycles. The van der Waals surface area contributed by atoms with Crippen molar-refractivity contribution < 1.29 is 36.2 Å². The third-order valence-corrected chi connectivity index (χ3v) is 7.30. The largest absolute Gasteiger partial charge is 0.573 e. The van der Waals surface area contributed by atoms with E-state index >= 15 is 0 Å². The predicted octanol–water partition coefficient (Wildman–Crippen LogP) is 2.45. The zero-order chi connectivity index (χ0) is 25.2.